The van der Waals surface area contributed by atoms with Crippen LogP contribution in [0.3, 0.4) is 0 Å². The highest BCUT2D eigenvalue weighted by Crippen LogP contribution is 2.25. The number of ether oxygens (including phenoxy) is 1. The van der Waals surface area contributed by atoms with E-state index in [1.165, 1.54) is 6.26 Å². The number of nitrogens with zero attached hydrogens (tertiary/aromatic N) is 3. The summed E-state index contributed by atoms with van der Waals surface area (Å²) in [7, 11) is -3.25. The van der Waals surface area contributed by atoms with Gasteiger partial charge in [-0.15, -0.1) is 0 Å². The second-order valence-corrected chi connectivity index (χ2v) is 10.8. The fourth-order valence-corrected chi connectivity index (χ4v) is 4.61. The molecule has 178 valence electrons. The first kappa shape index (κ1) is 24.1. The van der Waals surface area contributed by atoms with E-state index in [4.69, 9.17) is 21.9 Å². The highest BCUT2D eigenvalue weighted by Gasteiger charge is 2.22. The zero-order valence-corrected chi connectivity index (χ0v) is 20.7. The quantitative estimate of drug-likeness (QED) is 0.494. The molecule has 3 aromatic rings. The zero-order valence-electron chi connectivity index (χ0n) is 19.1. The Bertz CT molecular complexity index is 1250. The topological polar surface area (TPSA) is 96.5 Å². The maximum Gasteiger partial charge on any atom is 0.175 e. The molecule has 1 aliphatic heterocycles. The van der Waals surface area contributed by atoms with Crippen molar-refractivity contribution >= 4 is 44.4 Å². The maximum absolute atomic E-state index is 12.0. The smallest absolute Gasteiger partial charge is 0.175 e. The Morgan fingerprint density at radius 2 is 1.76 bits per heavy atom. The van der Waals surface area contributed by atoms with E-state index in [-0.39, 0.29) is 11.8 Å². The summed E-state index contributed by atoms with van der Waals surface area (Å²) in [5.74, 6) is 1.04. The van der Waals surface area contributed by atoms with Gasteiger partial charge in [-0.3, -0.25) is 0 Å². The standard InChI is InChI=1S/C24H27N5O3S2/c1-17-15-32-13-12-29(17)22-14-21(16-34(2,30)31)25-23(28-22)18-8-10-20(11-9-18)27-24(33)26-19-6-4-3-5-7-19/h3-11,14,17H,12-13,15-16H2,1-2H3,(H2,26,27,33)/t17-/m0/s1. The average Bonchev–Trinajstić information content (AvgIpc) is 2.79. The predicted octanol–water partition coefficient (Wildman–Crippen LogP) is 3.72. The molecule has 4 rings (SSSR count). The number of aromatic nitrogens is 2. The Labute approximate surface area is 205 Å². The van der Waals surface area contributed by atoms with Crippen molar-refractivity contribution in [3.63, 3.8) is 0 Å². The van der Waals surface area contributed by atoms with E-state index in [0.29, 0.717) is 42.2 Å². The fraction of sp³-hybridized carbons (Fsp3) is 0.292. The molecule has 0 bridgehead atoms. The van der Waals surface area contributed by atoms with E-state index in [2.05, 4.69) is 27.4 Å². The Morgan fingerprint density at radius 1 is 1.09 bits per heavy atom. The van der Waals surface area contributed by atoms with Crippen molar-refractivity contribution in [1.29, 1.82) is 0 Å². The van der Waals surface area contributed by atoms with E-state index in [1.807, 2.05) is 54.6 Å². The van der Waals surface area contributed by atoms with Crippen LogP contribution in [0.5, 0.6) is 0 Å². The zero-order chi connectivity index (χ0) is 24.1. The summed E-state index contributed by atoms with van der Waals surface area (Å²) >= 11 is 5.39. The molecule has 34 heavy (non-hydrogen) atoms. The molecular formula is C24H27N5O3S2. The lowest BCUT2D eigenvalue weighted by molar-refractivity contribution is 0.0985. The minimum Gasteiger partial charge on any atom is -0.377 e. The molecule has 0 spiro atoms. The van der Waals surface area contributed by atoms with Gasteiger partial charge in [0.25, 0.3) is 0 Å². The van der Waals surface area contributed by atoms with Crippen LogP contribution in [0.25, 0.3) is 11.4 Å². The van der Waals surface area contributed by atoms with Crippen LogP contribution >= 0.6 is 12.2 Å². The lowest BCUT2D eigenvalue weighted by Crippen LogP contribution is -2.44. The van der Waals surface area contributed by atoms with Crippen LogP contribution < -0.4 is 15.5 Å². The number of hydrogen-bond acceptors (Lipinski definition) is 7. The molecule has 2 heterocycles. The summed E-state index contributed by atoms with van der Waals surface area (Å²) in [6, 6.07) is 19.1. The average molecular weight is 498 g/mol. The van der Waals surface area contributed by atoms with Crippen molar-refractivity contribution in [2.45, 2.75) is 18.7 Å². The molecule has 1 aliphatic rings. The van der Waals surface area contributed by atoms with Crippen LogP contribution in [-0.2, 0) is 20.3 Å². The highest BCUT2D eigenvalue weighted by atomic mass is 32.2. The molecule has 2 N–H and O–H groups in total. The number of morpholine rings is 1. The number of rotatable bonds is 6. The Morgan fingerprint density at radius 3 is 2.41 bits per heavy atom. The lowest BCUT2D eigenvalue weighted by atomic mass is 10.2. The van der Waals surface area contributed by atoms with Crippen LogP contribution in [0.4, 0.5) is 17.2 Å². The lowest BCUT2D eigenvalue weighted by Gasteiger charge is -2.34. The maximum atomic E-state index is 12.0. The van der Waals surface area contributed by atoms with Gasteiger partial charge in [-0.2, -0.15) is 0 Å². The van der Waals surface area contributed by atoms with Gasteiger partial charge in [-0.25, -0.2) is 18.4 Å². The van der Waals surface area contributed by atoms with Crippen molar-refractivity contribution in [2.75, 3.05) is 41.5 Å². The molecule has 8 nitrogen and oxygen atoms in total. The van der Waals surface area contributed by atoms with Gasteiger partial charge in [0.1, 0.15) is 5.82 Å². The molecular weight excluding hydrogens is 470 g/mol. The van der Waals surface area contributed by atoms with Crippen LogP contribution in [-0.4, -0.2) is 55.6 Å². The van der Waals surface area contributed by atoms with E-state index in [9.17, 15) is 8.42 Å². The monoisotopic (exact) mass is 497 g/mol. The summed E-state index contributed by atoms with van der Waals surface area (Å²) in [4.78, 5) is 11.4. The first-order valence-electron chi connectivity index (χ1n) is 10.9. The number of para-hydroxylation sites is 1. The number of sulfone groups is 1. The molecule has 2 aromatic carbocycles. The Balaban J connectivity index is 1.56. The number of anilines is 3. The minimum absolute atomic E-state index is 0.132. The molecule has 0 amide bonds. The van der Waals surface area contributed by atoms with Gasteiger partial charge >= 0.3 is 0 Å². The first-order valence-corrected chi connectivity index (χ1v) is 13.4. The number of benzene rings is 2. The molecule has 0 unspecified atom stereocenters. The normalized spacial score (nSPS) is 16.2. The van der Waals surface area contributed by atoms with Gasteiger partial charge in [0, 0.05) is 35.8 Å². The van der Waals surface area contributed by atoms with E-state index in [0.717, 1.165) is 16.9 Å². The van der Waals surface area contributed by atoms with Crippen molar-refractivity contribution in [3.8, 4) is 11.4 Å². The van der Waals surface area contributed by atoms with Crippen LogP contribution in [0.2, 0.25) is 0 Å². The van der Waals surface area contributed by atoms with Gasteiger partial charge in [-0.05, 0) is 55.5 Å². The molecule has 0 radical (unpaired) electrons. The predicted molar refractivity (Wildman–Crippen MR) is 140 cm³/mol. The molecule has 1 fully saturated rings. The van der Waals surface area contributed by atoms with Crippen LogP contribution in [0, 0.1) is 0 Å². The molecule has 0 saturated carbocycles. The summed E-state index contributed by atoms with van der Waals surface area (Å²) in [6.45, 7) is 3.94. The summed E-state index contributed by atoms with van der Waals surface area (Å²) < 4.78 is 29.5. The van der Waals surface area contributed by atoms with E-state index in [1.54, 1.807) is 6.07 Å². The molecule has 1 saturated heterocycles. The van der Waals surface area contributed by atoms with Crippen molar-refractivity contribution in [1.82, 2.24) is 9.97 Å². The summed E-state index contributed by atoms with van der Waals surface area (Å²) in [6.07, 6.45) is 1.21. The summed E-state index contributed by atoms with van der Waals surface area (Å²) in [5.41, 5.74) is 2.96. The first-order chi connectivity index (χ1) is 16.3. The van der Waals surface area contributed by atoms with Gasteiger partial charge in [-0.1, -0.05) is 18.2 Å². The van der Waals surface area contributed by atoms with Gasteiger partial charge in [0.2, 0.25) is 0 Å². The third-order valence-electron chi connectivity index (χ3n) is 5.27. The minimum atomic E-state index is -3.25. The molecule has 0 aliphatic carbocycles. The number of hydrogen-bond donors (Lipinski definition) is 2. The largest absolute Gasteiger partial charge is 0.377 e. The molecule has 1 aromatic heterocycles. The second-order valence-electron chi connectivity index (χ2n) is 8.25. The van der Waals surface area contributed by atoms with E-state index < -0.39 is 9.84 Å². The Hall–Kier alpha value is -3.08. The summed E-state index contributed by atoms with van der Waals surface area (Å²) in [5, 5.41) is 6.78. The number of thiocarbonyl (C=S) groups is 1. The van der Waals surface area contributed by atoms with Gasteiger partial charge in [0.15, 0.2) is 20.8 Å². The van der Waals surface area contributed by atoms with Crippen LogP contribution in [0.1, 0.15) is 12.6 Å². The second kappa shape index (κ2) is 10.5. The van der Waals surface area contributed by atoms with Crippen LogP contribution in [0.15, 0.2) is 60.7 Å². The number of nitrogens with one attached hydrogen (secondary N) is 2. The third kappa shape index (κ3) is 6.49. The SMILES string of the molecule is C[C@H]1COCCN1c1cc(CS(C)(=O)=O)nc(-c2ccc(NC(=S)Nc3ccccc3)cc2)n1. The van der Waals surface area contributed by atoms with Gasteiger partial charge < -0.3 is 20.3 Å². The highest BCUT2D eigenvalue weighted by molar-refractivity contribution is 7.89. The van der Waals surface area contributed by atoms with Crippen molar-refractivity contribution in [3.05, 3.63) is 66.4 Å². The van der Waals surface area contributed by atoms with Gasteiger partial charge in [0.05, 0.1) is 30.7 Å². The van der Waals surface area contributed by atoms with Crippen molar-refractivity contribution < 1.29 is 13.2 Å². The molecule has 10 heteroatoms. The van der Waals surface area contributed by atoms with Crippen molar-refractivity contribution in [2.24, 2.45) is 0 Å². The fourth-order valence-electron chi connectivity index (χ4n) is 3.69. The Kier molecular flexibility index (Phi) is 7.40. The third-order valence-corrected chi connectivity index (χ3v) is 6.29. The molecule has 1 atom stereocenters. The van der Waals surface area contributed by atoms with E-state index >= 15 is 0 Å².